The van der Waals surface area contributed by atoms with Crippen molar-refractivity contribution >= 4 is 38.9 Å². The predicted octanol–water partition coefficient (Wildman–Crippen LogP) is 3.90. The number of rotatable bonds is 8. The van der Waals surface area contributed by atoms with E-state index in [9.17, 15) is 17.6 Å². The number of amides is 1. The molecule has 1 heterocycles. The maximum atomic E-state index is 13.4. The molecule has 0 bridgehead atoms. The zero-order chi connectivity index (χ0) is 24.2. The molecule has 0 unspecified atom stereocenters. The van der Waals surface area contributed by atoms with Crippen molar-refractivity contribution in [1.29, 1.82) is 0 Å². The fourth-order valence-corrected chi connectivity index (χ4v) is 5.67. The Kier molecular flexibility index (Phi) is 8.33. The van der Waals surface area contributed by atoms with Crippen LogP contribution in [-0.4, -0.2) is 69.3 Å². The van der Waals surface area contributed by atoms with Crippen molar-refractivity contribution in [2.45, 2.75) is 25.7 Å². The van der Waals surface area contributed by atoms with Crippen molar-refractivity contribution < 1.29 is 17.6 Å². The number of anilines is 2. The second kappa shape index (κ2) is 10.8. The van der Waals surface area contributed by atoms with Gasteiger partial charge in [0.2, 0.25) is 10.0 Å². The molecule has 1 aliphatic rings. The molecule has 1 saturated heterocycles. The Morgan fingerprint density at radius 1 is 1.06 bits per heavy atom. The van der Waals surface area contributed by atoms with Gasteiger partial charge in [0.1, 0.15) is 5.82 Å². The van der Waals surface area contributed by atoms with E-state index in [0.717, 1.165) is 50.5 Å². The van der Waals surface area contributed by atoms with Crippen molar-refractivity contribution in [3.63, 3.8) is 0 Å². The summed E-state index contributed by atoms with van der Waals surface area (Å²) in [5, 5.41) is 2.80. The van der Waals surface area contributed by atoms with Crippen LogP contribution in [-0.2, 0) is 10.0 Å². The first kappa shape index (κ1) is 25.4. The molecular formula is C23H30ClFN4O3S. The Hall–Kier alpha value is -2.20. The molecule has 0 atom stereocenters. The summed E-state index contributed by atoms with van der Waals surface area (Å²) in [6, 6.07) is 8.35. The lowest BCUT2D eigenvalue weighted by Crippen LogP contribution is -2.46. The Balaban J connectivity index is 2.00. The van der Waals surface area contributed by atoms with Gasteiger partial charge in [-0.15, -0.1) is 0 Å². The molecule has 0 aliphatic carbocycles. The van der Waals surface area contributed by atoms with E-state index < -0.39 is 21.7 Å². The number of benzene rings is 2. The van der Waals surface area contributed by atoms with E-state index in [1.807, 2.05) is 0 Å². The molecule has 2 aromatic rings. The standard InChI is InChI=1S/C23H30ClFN4O3S/c1-4-27-11-13-28(14-12-27)22-10-8-18(33(31,32)29(5-2)6-3)16-21(22)26-23(30)19-9-7-17(25)15-20(19)24/h7-10,15-16H,4-6,11-14H2,1-3H3,(H,26,30). The van der Waals surface area contributed by atoms with Crippen LogP contribution in [0.3, 0.4) is 0 Å². The Bertz CT molecular complexity index is 1100. The van der Waals surface area contributed by atoms with Crippen LogP contribution in [0.5, 0.6) is 0 Å². The number of halogens is 2. The molecule has 7 nitrogen and oxygen atoms in total. The highest BCUT2D eigenvalue weighted by atomic mass is 35.5. The number of likely N-dealkylation sites (N-methyl/N-ethyl adjacent to an activating group) is 1. The first-order valence-electron chi connectivity index (χ1n) is 11.1. The minimum absolute atomic E-state index is 0.0162. The fourth-order valence-electron chi connectivity index (χ4n) is 3.93. The Morgan fingerprint density at radius 3 is 2.30 bits per heavy atom. The molecule has 0 aromatic heterocycles. The topological polar surface area (TPSA) is 73.0 Å². The van der Waals surface area contributed by atoms with Gasteiger partial charge in [-0.25, -0.2) is 12.8 Å². The quantitative estimate of drug-likeness (QED) is 0.600. The van der Waals surface area contributed by atoms with Crippen LogP contribution >= 0.6 is 11.6 Å². The van der Waals surface area contributed by atoms with E-state index in [1.165, 1.54) is 16.4 Å². The average molecular weight is 497 g/mol. The largest absolute Gasteiger partial charge is 0.367 e. The lowest BCUT2D eigenvalue weighted by atomic mass is 10.1. The van der Waals surface area contributed by atoms with Gasteiger partial charge in [-0.05, 0) is 42.9 Å². The zero-order valence-corrected chi connectivity index (χ0v) is 20.7. The molecule has 180 valence electrons. The van der Waals surface area contributed by atoms with Gasteiger partial charge < -0.3 is 15.1 Å². The molecule has 33 heavy (non-hydrogen) atoms. The molecule has 0 saturated carbocycles. The normalized spacial score (nSPS) is 15.2. The summed E-state index contributed by atoms with van der Waals surface area (Å²) >= 11 is 6.07. The Labute approximate surface area is 200 Å². The number of hydrogen-bond donors (Lipinski definition) is 1. The number of nitrogens with zero attached hydrogens (tertiary/aromatic N) is 3. The molecular weight excluding hydrogens is 467 g/mol. The minimum atomic E-state index is -3.72. The monoisotopic (exact) mass is 496 g/mol. The molecule has 0 radical (unpaired) electrons. The maximum absolute atomic E-state index is 13.4. The fraction of sp³-hybridized carbons (Fsp3) is 0.435. The summed E-state index contributed by atoms with van der Waals surface area (Å²) in [5.41, 5.74) is 1.21. The smallest absolute Gasteiger partial charge is 0.257 e. The van der Waals surface area contributed by atoms with Gasteiger partial charge in [0.05, 0.1) is 26.9 Å². The van der Waals surface area contributed by atoms with Gasteiger partial charge in [-0.1, -0.05) is 32.4 Å². The van der Waals surface area contributed by atoms with E-state index in [-0.39, 0.29) is 15.5 Å². The minimum Gasteiger partial charge on any atom is -0.367 e. The summed E-state index contributed by atoms with van der Waals surface area (Å²) in [6.45, 7) is 10.5. The van der Waals surface area contributed by atoms with E-state index in [0.29, 0.717) is 18.8 Å². The van der Waals surface area contributed by atoms with E-state index >= 15 is 0 Å². The van der Waals surface area contributed by atoms with Crippen molar-refractivity contribution in [2.24, 2.45) is 0 Å². The second-order valence-electron chi connectivity index (χ2n) is 7.77. The molecule has 10 heteroatoms. The summed E-state index contributed by atoms with van der Waals surface area (Å²) in [4.78, 5) is 17.5. The van der Waals surface area contributed by atoms with Crippen LogP contribution < -0.4 is 10.2 Å². The molecule has 2 aromatic carbocycles. The van der Waals surface area contributed by atoms with Crippen LogP contribution in [0.4, 0.5) is 15.8 Å². The number of carbonyl (C=O) groups is 1. The molecule has 0 spiro atoms. The van der Waals surface area contributed by atoms with Crippen LogP contribution in [0.15, 0.2) is 41.3 Å². The lowest BCUT2D eigenvalue weighted by molar-refractivity contribution is 0.102. The van der Waals surface area contributed by atoms with E-state index in [2.05, 4.69) is 22.0 Å². The lowest BCUT2D eigenvalue weighted by Gasteiger charge is -2.36. The van der Waals surface area contributed by atoms with Gasteiger partial charge in [-0.3, -0.25) is 4.79 Å². The summed E-state index contributed by atoms with van der Waals surface area (Å²) < 4.78 is 41.0. The zero-order valence-electron chi connectivity index (χ0n) is 19.1. The molecule has 1 aliphatic heterocycles. The van der Waals surface area contributed by atoms with Gasteiger partial charge in [0.15, 0.2) is 0 Å². The first-order valence-corrected chi connectivity index (χ1v) is 12.9. The molecule has 1 fully saturated rings. The van der Waals surface area contributed by atoms with Crippen LogP contribution in [0, 0.1) is 5.82 Å². The number of nitrogens with one attached hydrogen (secondary N) is 1. The Morgan fingerprint density at radius 2 is 1.73 bits per heavy atom. The third-order valence-corrected chi connectivity index (χ3v) is 8.25. The van der Waals surface area contributed by atoms with E-state index in [1.54, 1.807) is 26.0 Å². The summed E-state index contributed by atoms with van der Waals surface area (Å²) in [6.07, 6.45) is 0. The molecule has 3 rings (SSSR count). The highest BCUT2D eigenvalue weighted by Gasteiger charge is 2.26. The van der Waals surface area contributed by atoms with Crippen molar-refractivity contribution in [3.05, 3.63) is 52.8 Å². The SMILES string of the molecule is CCN1CCN(c2ccc(S(=O)(=O)N(CC)CC)cc2NC(=O)c2ccc(F)cc2Cl)CC1. The predicted molar refractivity (Wildman–Crippen MR) is 130 cm³/mol. The van der Waals surface area contributed by atoms with Gasteiger partial charge in [0, 0.05) is 39.3 Å². The van der Waals surface area contributed by atoms with Crippen molar-refractivity contribution in [2.75, 3.05) is 56.0 Å². The third-order valence-electron chi connectivity index (χ3n) is 5.90. The average Bonchev–Trinajstić information content (AvgIpc) is 2.79. The third kappa shape index (κ3) is 5.66. The van der Waals surface area contributed by atoms with Crippen LogP contribution in [0.1, 0.15) is 31.1 Å². The summed E-state index contributed by atoms with van der Waals surface area (Å²) in [7, 11) is -3.72. The number of piperazine rings is 1. The summed E-state index contributed by atoms with van der Waals surface area (Å²) in [5.74, 6) is -1.08. The van der Waals surface area contributed by atoms with Crippen LogP contribution in [0.2, 0.25) is 5.02 Å². The van der Waals surface area contributed by atoms with Gasteiger partial charge in [-0.2, -0.15) is 4.31 Å². The first-order chi connectivity index (χ1) is 15.7. The van der Waals surface area contributed by atoms with Crippen molar-refractivity contribution in [1.82, 2.24) is 9.21 Å². The van der Waals surface area contributed by atoms with Gasteiger partial charge in [0.25, 0.3) is 5.91 Å². The van der Waals surface area contributed by atoms with Gasteiger partial charge >= 0.3 is 0 Å². The van der Waals surface area contributed by atoms with E-state index in [4.69, 9.17) is 11.6 Å². The maximum Gasteiger partial charge on any atom is 0.257 e. The highest BCUT2D eigenvalue weighted by Crippen LogP contribution is 2.32. The van der Waals surface area contributed by atoms with Crippen LogP contribution in [0.25, 0.3) is 0 Å². The molecule has 1 amide bonds. The second-order valence-corrected chi connectivity index (χ2v) is 10.1. The number of hydrogen-bond acceptors (Lipinski definition) is 5. The number of carbonyl (C=O) groups excluding carboxylic acids is 1. The van der Waals surface area contributed by atoms with Crippen molar-refractivity contribution in [3.8, 4) is 0 Å². The molecule has 1 N–H and O–H groups in total. The number of sulfonamides is 1. The highest BCUT2D eigenvalue weighted by molar-refractivity contribution is 7.89.